The first-order chi connectivity index (χ1) is 11.5. The third-order valence-corrected chi connectivity index (χ3v) is 3.78. The number of nitrogens with one attached hydrogen (secondary N) is 1. The van der Waals surface area contributed by atoms with Gasteiger partial charge in [0.1, 0.15) is 11.8 Å². The molecule has 0 aromatic heterocycles. The van der Waals surface area contributed by atoms with Gasteiger partial charge in [0.05, 0.1) is 6.61 Å². The van der Waals surface area contributed by atoms with Crippen LogP contribution in [0.3, 0.4) is 0 Å². The summed E-state index contributed by atoms with van der Waals surface area (Å²) in [5, 5.41) is 2.40. The Morgan fingerprint density at radius 3 is 2.20 bits per heavy atom. The highest BCUT2D eigenvalue weighted by molar-refractivity contribution is 7.88. The van der Waals surface area contributed by atoms with Crippen LogP contribution in [-0.4, -0.2) is 38.5 Å². The molecular weight excluding hydrogens is 367 g/mol. The second kappa shape index (κ2) is 8.19. The highest BCUT2D eigenvalue weighted by atomic mass is 32.2. The number of alkyl halides is 3. The quantitative estimate of drug-likeness (QED) is 0.436. The SMILES string of the molecule is CCOC(=O)[C@H](Cc1ccc(OS(=O)(=O)C(F)(F)F)cc1)NC(C)=O. The van der Waals surface area contributed by atoms with E-state index in [0.717, 1.165) is 12.1 Å². The van der Waals surface area contributed by atoms with Crippen molar-refractivity contribution >= 4 is 22.0 Å². The zero-order chi connectivity index (χ0) is 19.3. The normalized spacial score (nSPS) is 13.0. The number of rotatable bonds is 7. The number of carbonyl (C=O) groups excluding carboxylic acids is 2. The van der Waals surface area contributed by atoms with Crippen molar-refractivity contribution in [2.45, 2.75) is 31.8 Å². The Bertz CT molecular complexity index is 715. The van der Waals surface area contributed by atoms with E-state index in [1.165, 1.54) is 19.1 Å². The summed E-state index contributed by atoms with van der Waals surface area (Å²) in [6.45, 7) is 2.91. The molecule has 0 radical (unpaired) electrons. The Kier molecular flexibility index (Phi) is 6.79. The minimum absolute atomic E-state index is 0.00468. The van der Waals surface area contributed by atoms with Gasteiger partial charge in [-0.15, -0.1) is 0 Å². The monoisotopic (exact) mass is 383 g/mol. The molecular formula is C14H16F3NO6S. The van der Waals surface area contributed by atoms with Crippen LogP contribution in [0.25, 0.3) is 0 Å². The van der Waals surface area contributed by atoms with E-state index in [2.05, 4.69) is 9.50 Å². The molecule has 11 heteroatoms. The number of benzene rings is 1. The number of ether oxygens (including phenoxy) is 1. The third kappa shape index (κ3) is 6.25. The molecule has 0 aliphatic rings. The molecule has 0 unspecified atom stereocenters. The molecule has 0 aliphatic carbocycles. The van der Waals surface area contributed by atoms with Crippen LogP contribution in [0.2, 0.25) is 0 Å². The Labute approximate surface area is 142 Å². The minimum atomic E-state index is -5.75. The van der Waals surface area contributed by atoms with E-state index in [9.17, 15) is 31.2 Å². The average Bonchev–Trinajstić information content (AvgIpc) is 2.47. The fourth-order valence-corrected chi connectivity index (χ4v) is 2.23. The summed E-state index contributed by atoms with van der Waals surface area (Å²) >= 11 is 0. The summed E-state index contributed by atoms with van der Waals surface area (Å²) < 4.78 is 67.4. The van der Waals surface area contributed by atoms with E-state index < -0.39 is 39.3 Å². The molecule has 1 aromatic carbocycles. The predicted octanol–water partition coefficient (Wildman–Crippen LogP) is 1.53. The lowest BCUT2D eigenvalue weighted by atomic mass is 10.1. The molecule has 1 atom stereocenters. The molecule has 1 rings (SSSR count). The van der Waals surface area contributed by atoms with Crippen LogP contribution in [-0.2, 0) is 30.9 Å². The van der Waals surface area contributed by atoms with Gasteiger partial charge in [-0.05, 0) is 24.6 Å². The van der Waals surface area contributed by atoms with Crippen molar-refractivity contribution in [2.24, 2.45) is 0 Å². The summed E-state index contributed by atoms with van der Waals surface area (Å²) in [4.78, 5) is 22.9. The summed E-state index contributed by atoms with van der Waals surface area (Å²) in [5.74, 6) is -1.67. The van der Waals surface area contributed by atoms with E-state index in [-0.39, 0.29) is 13.0 Å². The average molecular weight is 383 g/mol. The minimum Gasteiger partial charge on any atom is -0.464 e. The van der Waals surface area contributed by atoms with Crippen LogP contribution >= 0.6 is 0 Å². The molecule has 0 spiro atoms. The number of hydrogen-bond acceptors (Lipinski definition) is 6. The largest absolute Gasteiger partial charge is 0.534 e. The van der Waals surface area contributed by atoms with Gasteiger partial charge in [0.15, 0.2) is 0 Å². The second-order valence-corrected chi connectivity index (χ2v) is 6.37. The maximum Gasteiger partial charge on any atom is 0.534 e. The van der Waals surface area contributed by atoms with Crippen molar-refractivity contribution in [3.8, 4) is 5.75 Å². The smallest absolute Gasteiger partial charge is 0.464 e. The van der Waals surface area contributed by atoms with Crippen LogP contribution in [0, 0.1) is 0 Å². The van der Waals surface area contributed by atoms with Crippen molar-refractivity contribution in [2.75, 3.05) is 6.61 Å². The van der Waals surface area contributed by atoms with Crippen molar-refractivity contribution in [1.82, 2.24) is 5.32 Å². The van der Waals surface area contributed by atoms with Gasteiger partial charge < -0.3 is 14.2 Å². The lowest BCUT2D eigenvalue weighted by Gasteiger charge is -2.16. The predicted molar refractivity (Wildman–Crippen MR) is 80.0 cm³/mol. The molecule has 1 aromatic rings. The van der Waals surface area contributed by atoms with Crippen LogP contribution in [0.15, 0.2) is 24.3 Å². The van der Waals surface area contributed by atoms with Crippen molar-refractivity contribution in [3.05, 3.63) is 29.8 Å². The Morgan fingerprint density at radius 2 is 1.76 bits per heavy atom. The van der Waals surface area contributed by atoms with Gasteiger partial charge in [-0.3, -0.25) is 4.79 Å². The number of hydrogen-bond donors (Lipinski definition) is 1. The molecule has 0 aliphatic heterocycles. The van der Waals surface area contributed by atoms with Crippen LogP contribution in [0.4, 0.5) is 13.2 Å². The molecule has 0 heterocycles. The van der Waals surface area contributed by atoms with Crippen molar-refractivity contribution in [3.63, 3.8) is 0 Å². The van der Waals surface area contributed by atoms with Crippen LogP contribution in [0.5, 0.6) is 5.75 Å². The van der Waals surface area contributed by atoms with E-state index >= 15 is 0 Å². The zero-order valence-corrected chi connectivity index (χ0v) is 14.1. The Hall–Kier alpha value is -2.30. The first kappa shape index (κ1) is 20.7. The first-order valence-electron chi connectivity index (χ1n) is 6.99. The van der Waals surface area contributed by atoms with Crippen LogP contribution in [0.1, 0.15) is 19.4 Å². The molecule has 0 fully saturated rings. The maximum absolute atomic E-state index is 12.2. The van der Waals surface area contributed by atoms with E-state index in [1.807, 2.05) is 0 Å². The standard InChI is InChI=1S/C14H16F3NO6S/c1-3-23-13(20)12(18-9(2)19)8-10-4-6-11(7-5-10)24-25(21,22)14(15,16)17/h4-7,12H,3,8H2,1-2H3,(H,18,19)/t12-/m0/s1. The number of esters is 1. The fraction of sp³-hybridized carbons (Fsp3) is 0.429. The van der Waals surface area contributed by atoms with Crippen LogP contribution < -0.4 is 9.50 Å². The van der Waals surface area contributed by atoms with Gasteiger partial charge in [0, 0.05) is 13.3 Å². The van der Waals surface area contributed by atoms with Gasteiger partial charge in [-0.2, -0.15) is 21.6 Å². The number of amides is 1. The molecule has 25 heavy (non-hydrogen) atoms. The lowest BCUT2D eigenvalue weighted by Crippen LogP contribution is -2.42. The first-order valence-corrected chi connectivity index (χ1v) is 8.40. The fourth-order valence-electron chi connectivity index (χ4n) is 1.77. The number of halogens is 3. The summed E-state index contributed by atoms with van der Waals surface area (Å²) in [6.07, 6.45) is 0.00468. The lowest BCUT2D eigenvalue weighted by molar-refractivity contribution is -0.147. The summed E-state index contributed by atoms with van der Waals surface area (Å²) in [5.41, 5.74) is -5.09. The molecule has 1 amide bonds. The second-order valence-electron chi connectivity index (χ2n) is 4.84. The Morgan fingerprint density at radius 1 is 1.20 bits per heavy atom. The molecule has 1 N–H and O–H groups in total. The maximum atomic E-state index is 12.2. The molecule has 0 saturated carbocycles. The van der Waals surface area contributed by atoms with Crippen molar-refractivity contribution in [1.29, 1.82) is 0 Å². The Balaban J connectivity index is 2.87. The van der Waals surface area contributed by atoms with E-state index in [0.29, 0.717) is 5.56 Å². The zero-order valence-electron chi connectivity index (χ0n) is 13.3. The molecule has 0 saturated heterocycles. The van der Waals surface area contributed by atoms with E-state index in [4.69, 9.17) is 4.74 Å². The third-order valence-electron chi connectivity index (χ3n) is 2.80. The van der Waals surface area contributed by atoms with Gasteiger partial charge in [0.25, 0.3) is 0 Å². The summed E-state index contributed by atoms with van der Waals surface area (Å²) in [7, 11) is -5.75. The molecule has 0 bridgehead atoms. The number of carbonyl (C=O) groups is 2. The topological polar surface area (TPSA) is 98.8 Å². The highest BCUT2D eigenvalue weighted by Gasteiger charge is 2.48. The highest BCUT2D eigenvalue weighted by Crippen LogP contribution is 2.27. The molecule has 7 nitrogen and oxygen atoms in total. The van der Waals surface area contributed by atoms with E-state index in [1.54, 1.807) is 6.92 Å². The van der Waals surface area contributed by atoms with Gasteiger partial charge in [-0.25, -0.2) is 4.79 Å². The van der Waals surface area contributed by atoms with Crippen molar-refractivity contribution < 1.29 is 40.1 Å². The van der Waals surface area contributed by atoms with Gasteiger partial charge in [0.2, 0.25) is 5.91 Å². The summed E-state index contributed by atoms with van der Waals surface area (Å²) in [6, 6.07) is 3.58. The molecule has 140 valence electrons. The van der Waals surface area contributed by atoms with Gasteiger partial charge >= 0.3 is 21.6 Å². The van der Waals surface area contributed by atoms with Gasteiger partial charge in [-0.1, -0.05) is 12.1 Å².